The molecule has 0 aliphatic rings. The Bertz CT molecular complexity index is 573. The van der Waals surface area contributed by atoms with Crippen LogP contribution in [0.4, 0.5) is 5.69 Å². The number of anilines is 1. The van der Waals surface area contributed by atoms with Crippen molar-refractivity contribution in [3.8, 4) is 11.5 Å². The van der Waals surface area contributed by atoms with Crippen molar-refractivity contribution in [2.45, 2.75) is 20.4 Å². The Kier molecular flexibility index (Phi) is 5.87. The van der Waals surface area contributed by atoms with E-state index in [0.717, 1.165) is 27.4 Å². The number of benzene rings is 1. The first kappa shape index (κ1) is 15.6. The van der Waals surface area contributed by atoms with Gasteiger partial charge >= 0.3 is 0 Å². The Balaban J connectivity index is 2.11. The molecule has 0 aliphatic heterocycles. The van der Waals surface area contributed by atoms with E-state index < -0.39 is 0 Å². The zero-order valence-electron chi connectivity index (χ0n) is 12.2. The number of halogens is 1. The highest BCUT2D eigenvalue weighted by molar-refractivity contribution is 9.10. The number of pyridine rings is 1. The summed E-state index contributed by atoms with van der Waals surface area (Å²) in [5.41, 5.74) is 1.87. The molecule has 0 bridgehead atoms. The molecule has 1 N–H and O–H groups in total. The summed E-state index contributed by atoms with van der Waals surface area (Å²) in [6.45, 7) is 5.83. The van der Waals surface area contributed by atoms with Gasteiger partial charge in [0.1, 0.15) is 11.5 Å². The number of ether oxygens (including phenoxy) is 2. The second kappa shape index (κ2) is 7.88. The lowest BCUT2D eigenvalue weighted by molar-refractivity contribution is 0.332. The monoisotopic (exact) mass is 350 g/mol. The number of aromatic nitrogens is 1. The summed E-state index contributed by atoms with van der Waals surface area (Å²) in [6, 6.07) is 9.74. The van der Waals surface area contributed by atoms with Gasteiger partial charge in [-0.2, -0.15) is 0 Å². The molecule has 0 aliphatic carbocycles. The Morgan fingerprint density at radius 3 is 2.57 bits per heavy atom. The van der Waals surface area contributed by atoms with Crippen molar-refractivity contribution >= 4 is 21.6 Å². The van der Waals surface area contributed by atoms with Gasteiger partial charge in [0, 0.05) is 16.7 Å². The molecule has 1 aromatic carbocycles. The lowest BCUT2D eigenvalue weighted by Gasteiger charge is -2.14. The Hall–Kier alpha value is -1.75. The standard InChI is InChI=1S/C16H19BrN2O2/c1-3-20-14-7-8-16(21-4-2)15(9-14)19-11-13-6-5-12(17)10-18-13/h5-10,19H,3-4,11H2,1-2H3. The van der Waals surface area contributed by atoms with Crippen molar-refractivity contribution < 1.29 is 9.47 Å². The molecule has 2 rings (SSSR count). The van der Waals surface area contributed by atoms with Crippen LogP contribution in [0, 0.1) is 0 Å². The summed E-state index contributed by atoms with van der Waals surface area (Å²) in [4.78, 5) is 4.35. The minimum absolute atomic E-state index is 0.624. The quantitative estimate of drug-likeness (QED) is 0.810. The molecule has 112 valence electrons. The fraction of sp³-hybridized carbons (Fsp3) is 0.312. The summed E-state index contributed by atoms with van der Waals surface area (Å²) in [5.74, 6) is 1.64. The average Bonchev–Trinajstić information content (AvgIpc) is 2.49. The highest BCUT2D eigenvalue weighted by atomic mass is 79.9. The van der Waals surface area contributed by atoms with Crippen molar-refractivity contribution in [3.05, 3.63) is 46.7 Å². The third-order valence-electron chi connectivity index (χ3n) is 2.81. The smallest absolute Gasteiger partial charge is 0.142 e. The molecule has 1 heterocycles. The van der Waals surface area contributed by atoms with Crippen LogP contribution in [-0.4, -0.2) is 18.2 Å². The highest BCUT2D eigenvalue weighted by Crippen LogP contribution is 2.29. The Morgan fingerprint density at radius 2 is 1.90 bits per heavy atom. The first-order valence-corrected chi connectivity index (χ1v) is 7.76. The summed E-state index contributed by atoms with van der Waals surface area (Å²) < 4.78 is 12.1. The maximum absolute atomic E-state index is 5.63. The zero-order chi connectivity index (χ0) is 15.1. The fourth-order valence-corrected chi connectivity index (χ4v) is 2.12. The second-order valence-corrected chi connectivity index (χ2v) is 5.26. The van der Waals surface area contributed by atoms with Gasteiger partial charge in [-0.3, -0.25) is 4.98 Å². The van der Waals surface area contributed by atoms with E-state index in [1.54, 1.807) is 6.20 Å². The summed E-state index contributed by atoms with van der Waals surface area (Å²) in [5, 5.41) is 3.35. The molecule has 5 heteroatoms. The molecular formula is C16H19BrN2O2. The normalized spacial score (nSPS) is 10.2. The lowest BCUT2D eigenvalue weighted by Crippen LogP contribution is -2.04. The van der Waals surface area contributed by atoms with E-state index in [9.17, 15) is 0 Å². The van der Waals surface area contributed by atoms with Crippen LogP contribution < -0.4 is 14.8 Å². The number of nitrogens with zero attached hydrogens (tertiary/aromatic N) is 1. The zero-order valence-corrected chi connectivity index (χ0v) is 13.8. The molecule has 21 heavy (non-hydrogen) atoms. The van der Waals surface area contributed by atoms with Crippen molar-refractivity contribution in [1.29, 1.82) is 0 Å². The number of hydrogen-bond donors (Lipinski definition) is 1. The molecule has 4 nitrogen and oxygen atoms in total. The molecule has 0 radical (unpaired) electrons. The van der Waals surface area contributed by atoms with Crippen LogP contribution in [0.1, 0.15) is 19.5 Å². The van der Waals surface area contributed by atoms with Crippen LogP contribution >= 0.6 is 15.9 Å². The number of nitrogens with one attached hydrogen (secondary N) is 1. The summed E-state index contributed by atoms with van der Waals surface area (Å²) >= 11 is 3.38. The van der Waals surface area contributed by atoms with E-state index in [1.807, 2.05) is 44.2 Å². The maximum atomic E-state index is 5.63. The van der Waals surface area contributed by atoms with Crippen molar-refractivity contribution in [1.82, 2.24) is 4.98 Å². The first-order chi connectivity index (χ1) is 10.2. The van der Waals surface area contributed by atoms with E-state index in [2.05, 4.69) is 26.2 Å². The minimum Gasteiger partial charge on any atom is -0.494 e. The second-order valence-electron chi connectivity index (χ2n) is 4.35. The van der Waals surface area contributed by atoms with E-state index in [0.29, 0.717) is 19.8 Å². The van der Waals surface area contributed by atoms with Gasteiger partial charge < -0.3 is 14.8 Å². The number of hydrogen-bond acceptors (Lipinski definition) is 4. The molecule has 1 aromatic heterocycles. The molecule has 0 atom stereocenters. The van der Waals surface area contributed by atoms with Gasteiger partial charge in [-0.05, 0) is 54.0 Å². The molecule has 0 unspecified atom stereocenters. The minimum atomic E-state index is 0.624. The largest absolute Gasteiger partial charge is 0.494 e. The Labute approximate surface area is 133 Å². The predicted molar refractivity (Wildman–Crippen MR) is 88.0 cm³/mol. The molecular weight excluding hydrogens is 332 g/mol. The predicted octanol–water partition coefficient (Wildman–Crippen LogP) is 4.25. The van der Waals surface area contributed by atoms with E-state index in [4.69, 9.17) is 9.47 Å². The molecule has 0 amide bonds. The third-order valence-corrected chi connectivity index (χ3v) is 3.28. The van der Waals surface area contributed by atoms with Gasteiger partial charge in [0.2, 0.25) is 0 Å². The van der Waals surface area contributed by atoms with E-state index in [-0.39, 0.29) is 0 Å². The first-order valence-electron chi connectivity index (χ1n) is 6.97. The topological polar surface area (TPSA) is 43.4 Å². The van der Waals surface area contributed by atoms with Crippen LogP contribution in [0.2, 0.25) is 0 Å². The van der Waals surface area contributed by atoms with Crippen molar-refractivity contribution in [2.75, 3.05) is 18.5 Å². The molecule has 0 saturated heterocycles. The van der Waals surface area contributed by atoms with Gasteiger partial charge in [-0.15, -0.1) is 0 Å². The van der Waals surface area contributed by atoms with Gasteiger partial charge in [-0.1, -0.05) is 0 Å². The van der Waals surface area contributed by atoms with Crippen molar-refractivity contribution in [3.63, 3.8) is 0 Å². The Morgan fingerprint density at radius 1 is 1.10 bits per heavy atom. The lowest BCUT2D eigenvalue weighted by atomic mass is 10.2. The van der Waals surface area contributed by atoms with Gasteiger partial charge in [0.15, 0.2) is 0 Å². The van der Waals surface area contributed by atoms with Crippen LogP contribution in [0.5, 0.6) is 11.5 Å². The fourth-order valence-electron chi connectivity index (χ4n) is 1.88. The summed E-state index contributed by atoms with van der Waals surface area (Å²) in [7, 11) is 0. The maximum Gasteiger partial charge on any atom is 0.142 e. The van der Waals surface area contributed by atoms with Gasteiger partial charge in [-0.25, -0.2) is 0 Å². The van der Waals surface area contributed by atoms with Gasteiger partial charge in [0.05, 0.1) is 31.1 Å². The van der Waals surface area contributed by atoms with E-state index >= 15 is 0 Å². The van der Waals surface area contributed by atoms with Crippen molar-refractivity contribution in [2.24, 2.45) is 0 Å². The summed E-state index contributed by atoms with van der Waals surface area (Å²) in [6.07, 6.45) is 1.79. The third kappa shape index (κ3) is 4.63. The molecule has 0 spiro atoms. The highest BCUT2D eigenvalue weighted by Gasteiger charge is 2.06. The van der Waals surface area contributed by atoms with Crippen LogP contribution in [0.25, 0.3) is 0 Å². The van der Waals surface area contributed by atoms with Crippen LogP contribution in [0.15, 0.2) is 41.0 Å². The van der Waals surface area contributed by atoms with Crippen LogP contribution in [-0.2, 0) is 6.54 Å². The van der Waals surface area contributed by atoms with E-state index in [1.165, 1.54) is 0 Å². The number of rotatable bonds is 7. The molecule has 0 saturated carbocycles. The SMILES string of the molecule is CCOc1ccc(OCC)c(NCc2ccc(Br)cn2)c1. The molecule has 2 aromatic rings. The van der Waals surface area contributed by atoms with Crippen LogP contribution in [0.3, 0.4) is 0 Å². The van der Waals surface area contributed by atoms with Gasteiger partial charge in [0.25, 0.3) is 0 Å². The average molecular weight is 351 g/mol. The molecule has 0 fully saturated rings.